The van der Waals surface area contributed by atoms with Crippen LogP contribution in [0.25, 0.3) is 0 Å². The molecule has 4 nitrogen and oxygen atoms in total. The first-order valence-electron chi connectivity index (χ1n) is 6.96. The maximum absolute atomic E-state index is 11.9. The lowest BCUT2D eigenvalue weighted by molar-refractivity contribution is -0.123. The lowest BCUT2D eigenvalue weighted by Gasteiger charge is -2.15. The van der Waals surface area contributed by atoms with Gasteiger partial charge in [0.2, 0.25) is 0 Å². The fourth-order valence-electron chi connectivity index (χ4n) is 2.04. The van der Waals surface area contributed by atoms with E-state index in [1.54, 1.807) is 12.4 Å². The second-order valence-corrected chi connectivity index (χ2v) is 5.06. The number of benzene rings is 1. The second-order valence-electron chi connectivity index (χ2n) is 5.06. The number of aryl methyl sites for hydroxylation is 1. The van der Waals surface area contributed by atoms with E-state index < -0.39 is 0 Å². The van der Waals surface area contributed by atoms with Crippen molar-refractivity contribution < 1.29 is 9.53 Å². The maximum atomic E-state index is 11.9. The van der Waals surface area contributed by atoms with Gasteiger partial charge in [0, 0.05) is 12.4 Å². The van der Waals surface area contributed by atoms with E-state index in [1.807, 2.05) is 51.1 Å². The van der Waals surface area contributed by atoms with Crippen LogP contribution in [0.4, 0.5) is 0 Å². The Kier molecular flexibility index (Phi) is 4.93. The van der Waals surface area contributed by atoms with E-state index in [4.69, 9.17) is 4.74 Å². The highest BCUT2D eigenvalue weighted by molar-refractivity contribution is 5.78. The molecule has 1 heterocycles. The van der Waals surface area contributed by atoms with E-state index in [2.05, 4.69) is 10.3 Å². The van der Waals surface area contributed by atoms with E-state index in [-0.39, 0.29) is 18.6 Å². The third kappa shape index (κ3) is 4.05. The number of pyridine rings is 1. The van der Waals surface area contributed by atoms with Gasteiger partial charge in [-0.2, -0.15) is 0 Å². The summed E-state index contributed by atoms with van der Waals surface area (Å²) in [5.74, 6) is 0.613. The Hall–Kier alpha value is -2.36. The lowest BCUT2D eigenvalue weighted by Crippen LogP contribution is -2.31. The van der Waals surface area contributed by atoms with Crippen molar-refractivity contribution in [3.63, 3.8) is 0 Å². The van der Waals surface area contributed by atoms with Crippen molar-refractivity contribution in [2.45, 2.75) is 26.8 Å². The standard InChI is InChI=1S/C17H20N2O2/c1-12-5-4-6-16(13(12)2)21-11-17(20)19-14(3)15-7-9-18-10-8-15/h4-10,14H,11H2,1-3H3,(H,19,20). The predicted molar refractivity (Wildman–Crippen MR) is 82.2 cm³/mol. The van der Waals surface area contributed by atoms with Gasteiger partial charge in [0.25, 0.3) is 5.91 Å². The molecule has 1 unspecified atom stereocenters. The molecule has 0 spiro atoms. The van der Waals surface area contributed by atoms with Crippen LogP contribution >= 0.6 is 0 Å². The molecule has 0 radical (unpaired) electrons. The molecule has 1 amide bonds. The van der Waals surface area contributed by atoms with Gasteiger partial charge < -0.3 is 10.1 Å². The van der Waals surface area contributed by atoms with Gasteiger partial charge in [0.05, 0.1) is 6.04 Å². The van der Waals surface area contributed by atoms with Crippen LogP contribution in [0, 0.1) is 13.8 Å². The minimum absolute atomic E-state index is 0.0136. The van der Waals surface area contributed by atoms with E-state index in [0.717, 1.165) is 22.4 Å². The third-order valence-electron chi connectivity index (χ3n) is 3.50. The van der Waals surface area contributed by atoms with Crippen LogP contribution in [0.15, 0.2) is 42.7 Å². The number of carbonyl (C=O) groups is 1. The van der Waals surface area contributed by atoms with Crippen molar-refractivity contribution in [1.82, 2.24) is 10.3 Å². The summed E-state index contributed by atoms with van der Waals surface area (Å²) in [5.41, 5.74) is 3.23. The number of nitrogens with one attached hydrogen (secondary N) is 1. The van der Waals surface area contributed by atoms with Crippen molar-refractivity contribution >= 4 is 5.91 Å². The first-order chi connectivity index (χ1) is 10.1. The summed E-state index contributed by atoms with van der Waals surface area (Å²) in [6.07, 6.45) is 3.43. The summed E-state index contributed by atoms with van der Waals surface area (Å²) in [6, 6.07) is 9.53. The third-order valence-corrected chi connectivity index (χ3v) is 3.50. The molecular formula is C17H20N2O2. The number of amides is 1. The molecule has 0 aliphatic heterocycles. The van der Waals surface area contributed by atoms with Crippen molar-refractivity contribution in [2.75, 3.05) is 6.61 Å². The summed E-state index contributed by atoms with van der Waals surface area (Å²) >= 11 is 0. The molecule has 0 fully saturated rings. The number of hydrogen-bond acceptors (Lipinski definition) is 3. The first kappa shape index (κ1) is 15.0. The zero-order chi connectivity index (χ0) is 15.2. The molecule has 1 aromatic heterocycles. The zero-order valence-electron chi connectivity index (χ0n) is 12.6. The highest BCUT2D eigenvalue weighted by Gasteiger charge is 2.10. The average molecular weight is 284 g/mol. The molecule has 0 aliphatic carbocycles. The van der Waals surface area contributed by atoms with Crippen LogP contribution in [-0.2, 0) is 4.79 Å². The van der Waals surface area contributed by atoms with Gasteiger partial charge in [-0.3, -0.25) is 9.78 Å². The van der Waals surface area contributed by atoms with Crippen LogP contribution in [-0.4, -0.2) is 17.5 Å². The Morgan fingerprint density at radius 2 is 1.95 bits per heavy atom. The summed E-state index contributed by atoms with van der Waals surface area (Å²) in [6.45, 7) is 5.96. The molecule has 0 saturated carbocycles. The molecule has 0 saturated heterocycles. The fourth-order valence-corrected chi connectivity index (χ4v) is 2.04. The second kappa shape index (κ2) is 6.88. The highest BCUT2D eigenvalue weighted by Crippen LogP contribution is 2.20. The van der Waals surface area contributed by atoms with Gasteiger partial charge in [-0.15, -0.1) is 0 Å². The summed E-state index contributed by atoms with van der Waals surface area (Å²) in [7, 11) is 0. The molecule has 2 aromatic rings. The number of ether oxygens (including phenoxy) is 1. The van der Waals surface area contributed by atoms with E-state index in [0.29, 0.717) is 0 Å². The van der Waals surface area contributed by atoms with Gasteiger partial charge in [-0.1, -0.05) is 12.1 Å². The van der Waals surface area contributed by atoms with Crippen LogP contribution in [0.3, 0.4) is 0 Å². The Morgan fingerprint density at radius 3 is 2.67 bits per heavy atom. The Balaban J connectivity index is 1.89. The molecule has 1 N–H and O–H groups in total. The Bertz CT molecular complexity index is 611. The molecular weight excluding hydrogens is 264 g/mol. The largest absolute Gasteiger partial charge is 0.483 e. The monoisotopic (exact) mass is 284 g/mol. The maximum Gasteiger partial charge on any atom is 0.258 e. The van der Waals surface area contributed by atoms with Crippen LogP contribution in [0.1, 0.15) is 29.7 Å². The lowest BCUT2D eigenvalue weighted by atomic mass is 10.1. The molecule has 21 heavy (non-hydrogen) atoms. The number of rotatable bonds is 5. The molecule has 110 valence electrons. The number of aromatic nitrogens is 1. The fraction of sp³-hybridized carbons (Fsp3) is 0.294. The van der Waals surface area contributed by atoms with Gasteiger partial charge in [0.15, 0.2) is 6.61 Å². The van der Waals surface area contributed by atoms with E-state index in [9.17, 15) is 4.79 Å². The smallest absolute Gasteiger partial charge is 0.258 e. The number of hydrogen-bond donors (Lipinski definition) is 1. The van der Waals surface area contributed by atoms with Gasteiger partial charge >= 0.3 is 0 Å². The van der Waals surface area contributed by atoms with E-state index >= 15 is 0 Å². The highest BCUT2D eigenvalue weighted by atomic mass is 16.5. The van der Waals surface area contributed by atoms with Crippen molar-refractivity contribution in [3.05, 3.63) is 59.4 Å². The Labute approximate surface area is 125 Å². The van der Waals surface area contributed by atoms with Crippen molar-refractivity contribution in [2.24, 2.45) is 0 Å². The first-order valence-corrected chi connectivity index (χ1v) is 6.96. The van der Waals surface area contributed by atoms with Crippen LogP contribution in [0.2, 0.25) is 0 Å². The SMILES string of the molecule is Cc1cccc(OCC(=O)NC(C)c2ccncc2)c1C. The molecule has 2 rings (SSSR count). The summed E-state index contributed by atoms with van der Waals surface area (Å²) in [4.78, 5) is 15.9. The molecule has 0 aliphatic rings. The number of nitrogens with zero attached hydrogens (tertiary/aromatic N) is 1. The minimum Gasteiger partial charge on any atom is -0.483 e. The van der Waals surface area contributed by atoms with E-state index in [1.165, 1.54) is 0 Å². The van der Waals surface area contributed by atoms with Gasteiger partial charge in [-0.05, 0) is 55.7 Å². The average Bonchev–Trinajstić information content (AvgIpc) is 2.49. The topological polar surface area (TPSA) is 51.2 Å². The molecule has 1 atom stereocenters. The predicted octanol–water partition coefficient (Wildman–Crippen LogP) is 2.95. The molecule has 1 aromatic carbocycles. The Morgan fingerprint density at radius 1 is 1.24 bits per heavy atom. The van der Waals surface area contributed by atoms with Crippen molar-refractivity contribution in [3.8, 4) is 5.75 Å². The van der Waals surface area contributed by atoms with Gasteiger partial charge in [-0.25, -0.2) is 0 Å². The van der Waals surface area contributed by atoms with Crippen LogP contribution in [0.5, 0.6) is 5.75 Å². The number of carbonyl (C=O) groups excluding carboxylic acids is 1. The minimum atomic E-state index is -0.139. The zero-order valence-corrected chi connectivity index (χ0v) is 12.6. The van der Waals surface area contributed by atoms with Crippen LogP contribution < -0.4 is 10.1 Å². The normalized spacial score (nSPS) is 11.8. The van der Waals surface area contributed by atoms with Gasteiger partial charge in [0.1, 0.15) is 5.75 Å². The van der Waals surface area contributed by atoms with Crippen molar-refractivity contribution in [1.29, 1.82) is 0 Å². The summed E-state index contributed by atoms with van der Waals surface area (Å²) < 4.78 is 5.59. The quantitative estimate of drug-likeness (QED) is 0.918. The summed E-state index contributed by atoms with van der Waals surface area (Å²) in [5, 5.41) is 2.91. The molecule has 0 bridgehead atoms. The molecule has 4 heteroatoms.